The number of benzene rings is 1. The lowest BCUT2D eigenvalue weighted by molar-refractivity contribution is -0.118. The van der Waals surface area contributed by atoms with E-state index in [-0.39, 0.29) is 18.2 Å². The number of hydrogen-bond donors (Lipinski definition) is 1. The summed E-state index contributed by atoms with van der Waals surface area (Å²) in [7, 11) is 0. The summed E-state index contributed by atoms with van der Waals surface area (Å²) in [5, 5.41) is 3.59. The van der Waals surface area contributed by atoms with Crippen molar-refractivity contribution >= 4 is 28.3 Å². The van der Waals surface area contributed by atoms with E-state index in [1.54, 1.807) is 28.4 Å². The molecular weight excluding hydrogens is 358 g/mol. The topological polar surface area (TPSA) is 62.3 Å². The smallest absolute Gasteiger partial charge is 0.251 e. The standard InChI is InChI=1S/C21H25N3O2S/c1-3-14-24(21-23-17-10-6-7-11-18(17)27-21)19(25)12-13-22-20(26)16-9-5-4-8-15(16)2/h3-5,8-9H,1,6-7,10-14H2,2H3,(H,22,26). The number of thiazole rings is 1. The van der Waals surface area contributed by atoms with Crippen molar-refractivity contribution in [3.63, 3.8) is 0 Å². The second-order valence-electron chi connectivity index (χ2n) is 6.69. The summed E-state index contributed by atoms with van der Waals surface area (Å²) in [6, 6.07) is 7.42. The second kappa shape index (κ2) is 8.95. The maximum atomic E-state index is 12.7. The predicted molar refractivity (Wildman–Crippen MR) is 109 cm³/mol. The van der Waals surface area contributed by atoms with Crippen LogP contribution in [0.4, 0.5) is 5.13 Å². The van der Waals surface area contributed by atoms with Crippen LogP contribution in [0.15, 0.2) is 36.9 Å². The first-order chi connectivity index (χ1) is 13.1. The van der Waals surface area contributed by atoms with Crippen molar-refractivity contribution in [1.82, 2.24) is 10.3 Å². The third-order valence-corrected chi connectivity index (χ3v) is 5.87. The summed E-state index contributed by atoms with van der Waals surface area (Å²) in [6.45, 7) is 6.38. The van der Waals surface area contributed by atoms with E-state index in [0.29, 0.717) is 18.7 Å². The van der Waals surface area contributed by atoms with Crippen molar-refractivity contribution in [3.8, 4) is 0 Å². The number of amides is 2. The average molecular weight is 384 g/mol. The zero-order valence-electron chi connectivity index (χ0n) is 15.7. The minimum Gasteiger partial charge on any atom is -0.352 e. The molecule has 0 bridgehead atoms. The Hall–Kier alpha value is -2.47. The number of anilines is 1. The SMILES string of the molecule is C=CCN(C(=O)CCNC(=O)c1ccccc1C)c1nc2c(s1)CCCC2. The van der Waals surface area contributed by atoms with E-state index in [2.05, 4.69) is 16.9 Å². The fraction of sp³-hybridized carbons (Fsp3) is 0.381. The molecule has 2 amide bonds. The van der Waals surface area contributed by atoms with Gasteiger partial charge in [0.15, 0.2) is 5.13 Å². The third-order valence-electron chi connectivity index (χ3n) is 4.69. The molecule has 2 aromatic rings. The zero-order valence-corrected chi connectivity index (χ0v) is 16.5. The molecular formula is C21H25N3O2S. The molecule has 0 radical (unpaired) electrons. The third kappa shape index (κ3) is 4.63. The van der Waals surface area contributed by atoms with Crippen molar-refractivity contribution in [2.75, 3.05) is 18.0 Å². The van der Waals surface area contributed by atoms with E-state index >= 15 is 0 Å². The zero-order chi connectivity index (χ0) is 19.2. The van der Waals surface area contributed by atoms with Crippen LogP contribution < -0.4 is 10.2 Å². The van der Waals surface area contributed by atoms with Crippen LogP contribution in [-0.2, 0) is 17.6 Å². The van der Waals surface area contributed by atoms with Gasteiger partial charge in [0.25, 0.3) is 5.91 Å². The maximum absolute atomic E-state index is 12.7. The molecule has 6 heteroatoms. The number of carbonyl (C=O) groups is 2. The molecule has 27 heavy (non-hydrogen) atoms. The minimum atomic E-state index is -0.152. The molecule has 0 fully saturated rings. The number of hydrogen-bond acceptors (Lipinski definition) is 4. The maximum Gasteiger partial charge on any atom is 0.251 e. The molecule has 0 aliphatic heterocycles. The van der Waals surface area contributed by atoms with Crippen molar-refractivity contribution in [2.45, 2.75) is 39.0 Å². The number of fused-ring (bicyclic) bond motifs is 1. The fourth-order valence-electron chi connectivity index (χ4n) is 3.21. The normalized spacial score (nSPS) is 12.9. The van der Waals surface area contributed by atoms with Gasteiger partial charge in [-0.3, -0.25) is 14.5 Å². The molecule has 0 spiro atoms. The number of aromatic nitrogens is 1. The van der Waals surface area contributed by atoms with Gasteiger partial charge in [-0.05, 0) is 44.2 Å². The molecule has 3 rings (SSSR count). The van der Waals surface area contributed by atoms with Crippen LogP contribution >= 0.6 is 11.3 Å². The van der Waals surface area contributed by atoms with Crippen LogP contribution in [0.5, 0.6) is 0 Å². The van der Waals surface area contributed by atoms with Gasteiger partial charge >= 0.3 is 0 Å². The summed E-state index contributed by atoms with van der Waals surface area (Å²) in [4.78, 5) is 32.7. The number of rotatable bonds is 7. The van der Waals surface area contributed by atoms with Gasteiger partial charge in [-0.2, -0.15) is 0 Å². The summed E-state index contributed by atoms with van der Waals surface area (Å²) >= 11 is 1.61. The molecule has 0 unspecified atom stereocenters. The van der Waals surface area contributed by atoms with Crippen molar-refractivity contribution < 1.29 is 9.59 Å². The molecule has 1 aromatic carbocycles. The number of aryl methyl sites for hydroxylation is 3. The van der Waals surface area contributed by atoms with E-state index in [1.165, 1.54) is 11.3 Å². The number of nitrogens with zero attached hydrogens (tertiary/aromatic N) is 2. The lowest BCUT2D eigenvalue weighted by Crippen LogP contribution is -2.35. The van der Waals surface area contributed by atoms with Crippen LogP contribution in [0, 0.1) is 6.92 Å². The first kappa shape index (κ1) is 19.3. The number of carbonyl (C=O) groups excluding carboxylic acids is 2. The molecule has 1 aliphatic rings. The molecule has 1 aromatic heterocycles. The highest BCUT2D eigenvalue weighted by Crippen LogP contribution is 2.32. The van der Waals surface area contributed by atoms with E-state index in [1.807, 2.05) is 25.1 Å². The number of nitrogens with one attached hydrogen (secondary N) is 1. The largest absolute Gasteiger partial charge is 0.352 e. The lowest BCUT2D eigenvalue weighted by atomic mass is 10.0. The van der Waals surface area contributed by atoms with Crippen molar-refractivity contribution in [3.05, 3.63) is 58.6 Å². The predicted octanol–water partition coefficient (Wildman–Crippen LogP) is 3.67. The van der Waals surface area contributed by atoms with Gasteiger partial charge in [0.2, 0.25) is 5.91 Å². The Morgan fingerprint density at radius 3 is 2.81 bits per heavy atom. The van der Waals surface area contributed by atoms with Crippen molar-refractivity contribution in [1.29, 1.82) is 0 Å². The van der Waals surface area contributed by atoms with Crippen LogP contribution in [0.25, 0.3) is 0 Å². The Kier molecular flexibility index (Phi) is 6.40. The quantitative estimate of drug-likeness (QED) is 0.742. The molecule has 5 nitrogen and oxygen atoms in total. The van der Waals surface area contributed by atoms with Gasteiger partial charge in [-0.25, -0.2) is 4.98 Å². The Morgan fingerprint density at radius 2 is 2.07 bits per heavy atom. The summed E-state index contributed by atoms with van der Waals surface area (Å²) in [5.74, 6) is -0.202. The molecule has 0 atom stereocenters. The molecule has 0 saturated carbocycles. The van der Waals surface area contributed by atoms with E-state index in [0.717, 1.165) is 35.7 Å². The van der Waals surface area contributed by atoms with Gasteiger partial charge in [0, 0.05) is 30.0 Å². The van der Waals surface area contributed by atoms with Gasteiger partial charge in [0.05, 0.1) is 5.69 Å². The summed E-state index contributed by atoms with van der Waals surface area (Å²) < 4.78 is 0. The summed E-state index contributed by atoms with van der Waals surface area (Å²) in [5.41, 5.74) is 2.69. The first-order valence-corrected chi connectivity index (χ1v) is 10.2. The van der Waals surface area contributed by atoms with Crippen molar-refractivity contribution in [2.24, 2.45) is 0 Å². The van der Waals surface area contributed by atoms with Crippen LogP contribution in [0.3, 0.4) is 0 Å². The van der Waals surface area contributed by atoms with Gasteiger partial charge in [-0.1, -0.05) is 24.3 Å². The Balaban J connectivity index is 1.60. The Labute approximate surface area is 164 Å². The van der Waals surface area contributed by atoms with Gasteiger partial charge in [-0.15, -0.1) is 17.9 Å². The van der Waals surface area contributed by atoms with Crippen LogP contribution in [-0.4, -0.2) is 29.9 Å². The highest BCUT2D eigenvalue weighted by Gasteiger charge is 2.22. The van der Waals surface area contributed by atoms with Gasteiger partial charge < -0.3 is 5.32 Å². The Morgan fingerprint density at radius 1 is 1.30 bits per heavy atom. The highest BCUT2D eigenvalue weighted by atomic mass is 32.1. The molecule has 142 valence electrons. The Bertz CT molecular complexity index is 820. The van der Waals surface area contributed by atoms with Crippen LogP contribution in [0.2, 0.25) is 0 Å². The molecule has 0 saturated heterocycles. The highest BCUT2D eigenvalue weighted by molar-refractivity contribution is 7.16. The average Bonchev–Trinajstić information content (AvgIpc) is 3.10. The second-order valence-corrected chi connectivity index (χ2v) is 7.75. The van der Waals surface area contributed by atoms with E-state index < -0.39 is 0 Å². The van der Waals surface area contributed by atoms with Crippen LogP contribution in [0.1, 0.15) is 45.8 Å². The first-order valence-electron chi connectivity index (χ1n) is 9.34. The molecule has 1 heterocycles. The molecule has 1 aliphatic carbocycles. The lowest BCUT2D eigenvalue weighted by Gasteiger charge is -2.18. The summed E-state index contributed by atoms with van der Waals surface area (Å²) in [6.07, 6.45) is 6.34. The monoisotopic (exact) mass is 383 g/mol. The van der Waals surface area contributed by atoms with Gasteiger partial charge in [0.1, 0.15) is 0 Å². The fourth-order valence-corrected chi connectivity index (χ4v) is 4.39. The van der Waals surface area contributed by atoms with E-state index in [9.17, 15) is 9.59 Å². The minimum absolute atomic E-state index is 0.0499. The van der Waals surface area contributed by atoms with E-state index in [4.69, 9.17) is 0 Å². The molecule has 1 N–H and O–H groups in total.